The SMILES string of the molecule is CCc1cc(Br)cc(C2(C(=O)O)CCC2)c1O. The molecule has 0 heterocycles. The van der Waals surface area contributed by atoms with E-state index in [1.807, 2.05) is 13.0 Å². The second-order valence-electron chi connectivity index (χ2n) is 4.56. The molecule has 2 rings (SSSR count). The molecule has 92 valence electrons. The Morgan fingerprint density at radius 3 is 2.53 bits per heavy atom. The number of benzene rings is 1. The molecule has 4 heteroatoms. The van der Waals surface area contributed by atoms with Gasteiger partial charge in [-0.3, -0.25) is 4.79 Å². The summed E-state index contributed by atoms with van der Waals surface area (Å²) in [7, 11) is 0. The Hall–Kier alpha value is -1.03. The van der Waals surface area contributed by atoms with Crippen LogP contribution < -0.4 is 0 Å². The molecule has 0 unspecified atom stereocenters. The highest BCUT2D eigenvalue weighted by Gasteiger charge is 2.47. The Labute approximate surface area is 109 Å². The van der Waals surface area contributed by atoms with E-state index in [1.54, 1.807) is 6.07 Å². The summed E-state index contributed by atoms with van der Waals surface area (Å²) in [6.45, 7) is 1.94. The summed E-state index contributed by atoms with van der Waals surface area (Å²) in [5, 5.41) is 19.6. The van der Waals surface area contributed by atoms with Crippen LogP contribution in [0.5, 0.6) is 5.75 Å². The number of hydrogen-bond donors (Lipinski definition) is 2. The molecule has 1 aromatic carbocycles. The molecule has 1 aliphatic rings. The molecule has 2 N–H and O–H groups in total. The topological polar surface area (TPSA) is 57.5 Å². The van der Waals surface area contributed by atoms with Crippen molar-refractivity contribution in [3.8, 4) is 5.75 Å². The number of aromatic hydroxyl groups is 1. The molecule has 0 atom stereocenters. The minimum atomic E-state index is -0.877. The molecule has 0 saturated heterocycles. The number of aliphatic carboxylic acids is 1. The fourth-order valence-corrected chi connectivity index (χ4v) is 2.92. The van der Waals surface area contributed by atoms with Crippen molar-refractivity contribution >= 4 is 21.9 Å². The number of rotatable bonds is 3. The highest BCUT2D eigenvalue weighted by Crippen LogP contribution is 2.48. The molecule has 0 amide bonds. The summed E-state index contributed by atoms with van der Waals surface area (Å²) < 4.78 is 0.828. The van der Waals surface area contributed by atoms with E-state index >= 15 is 0 Å². The highest BCUT2D eigenvalue weighted by atomic mass is 79.9. The molecule has 0 bridgehead atoms. The molecule has 1 aliphatic carbocycles. The molecular weight excluding hydrogens is 284 g/mol. The summed E-state index contributed by atoms with van der Waals surface area (Å²) in [4.78, 5) is 11.4. The lowest BCUT2D eigenvalue weighted by Gasteiger charge is -2.38. The standard InChI is InChI=1S/C13H15BrO3/c1-2-8-6-9(14)7-10(11(8)15)13(12(16)17)4-3-5-13/h6-7,15H,2-5H2,1H3,(H,16,17). The summed E-state index contributed by atoms with van der Waals surface area (Å²) in [5.74, 6) is -0.683. The van der Waals surface area contributed by atoms with Crippen LogP contribution in [0.25, 0.3) is 0 Å². The maximum absolute atomic E-state index is 11.4. The number of carboxylic acid groups (broad SMARTS) is 1. The largest absolute Gasteiger partial charge is 0.507 e. The van der Waals surface area contributed by atoms with Crippen LogP contribution in [-0.4, -0.2) is 16.2 Å². The van der Waals surface area contributed by atoms with Crippen molar-refractivity contribution in [1.82, 2.24) is 0 Å². The minimum Gasteiger partial charge on any atom is -0.507 e. The number of phenols is 1. The Bertz CT molecular complexity index is 464. The van der Waals surface area contributed by atoms with Gasteiger partial charge in [0.2, 0.25) is 0 Å². The van der Waals surface area contributed by atoms with Gasteiger partial charge in [0, 0.05) is 10.0 Å². The lowest BCUT2D eigenvalue weighted by atomic mass is 9.64. The lowest BCUT2D eigenvalue weighted by molar-refractivity contribution is -0.147. The molecule has 0 spiro atoms. The number of phenolic OH excluding ortho intramolecular Hbond substituents is 1. The fourth-order valence-electron chi connectivity index (χ4n) is 2.42. The van der Waals surface area contributed by atoms with Gasteiger partial charge < -0.3 is 10.2 Å². The molecule has 3 nitrogen and oxygen atoms in total. The Balaban J connectivity index is 2.58. The first-order valence-corrected chi connectivity index (χ1v) is 6.56. The second-order valence-corrected chi connectivity index (χ2v) is 5.47. The van der Waals surface area contributed by atoms with Gasteiger partial charge in [0.1, 0.15) is 5.75 Å². The Morgan fingerprint density at radius 1 is 1.47 bits per heavy atom. The molecule has 1 aromatic rings. The monoisotopic (exact) mass is 298 g/mol. The zero-order chi connectivity index (χ0) is 12.6. The van der Waals surface area contributed by atoms with Gasteiger partial charge in [0.05, 0.1) is 5.41 Å². The normalized spacial score (nSPS) is 17.5. The van der Waals surface area contributed by atoms with Gasteiger partial charge in [0.15, 0.2) is 0 Å². The third-order valence-corrected chi connectivity index (χ3v) is 4.12. The minimum absolute atomic E-state index is 0.151. The van der Waals surface area contributed by atoms with Crippen LogP contribution in [0.1, 0.15) is 37.3 Å². The van der Waals surface area contributed by atoms with Crippen LogP contribution in [0.4, 0.5) is 0 Å². The van der Waals surface area contributed by atoms with E-state index in [4.69, 9.17) is 0 Å². The Morgan fingerprint density at radius 2 is 2.12 bits per heavy atom. The van der Waals surface area contributed by atoms with Crippen molar-refractivity contribution in [1.29, 1.82) is 0 Å². The predicted molar refractivity (Wildman–Crippen MR) is 68.3 cm³/mol. The predicted octanol–water partition coefficient (Wildman–Crippen LogP) is 3.22. The van der Waals surface area contributed by atoms with Gasteiger partial charge >= 0.3 is 5.97 Å². The van der Waals surface area contributed by atoms with E-state index in [9.17, 15) is 15.0 Å². The third kappa shape index (κ3) is 1.84. The Kier molecular flexibility index (Phi) is 3.17. The first kappa shape index (κ1) is 12.4. The molecule has 0 radical (unpaired) electrons. The maximum Gasteiger partial charge on any atom is 0.314 e. The van der Waals surface area contributed by atoms with E-state index in [-0.39, 0.29) is 5.75 Å². The van der Waals surface area contributed by atoms with Crippen molar-refractivity contribution in [3.63, 3.8) is 0 Å². The van der Waals surface area contributed by atoms with Gasteiger partial charge in [-0.2, -0.15) is 0 Å². The zero-order valence-electron chi connectivity index (χ0n) is 9.66. The summed E-state index contributed by atoms with van der Waals surface area (Å²) >= 11 is 3.38. The zero-order valence-corrected chi connectivity index (χ0v) is 11.2. The summed E-state index contributed by atoms with van der Waals surface area (Å²) in [6, 6.07) is 3.58. The van der Waals surface area contributed by atoms with E-state index in [0.717, 1.165) is 16.5 Å². The van der Waals surface area contributed by atoms with Crippen LogP contribution in [0.15, 0.2) is 16.6 Å². The molecule has 17 heavy (non-hydrogen) atoms. The molecular formula is C13H15BrO3. The van der Waals surface area contributed by atoms with Gasteiger partial charge in [0.25, 0.3) is 0 Å². The maximum atomic E-state index is 11.4. The van der Waals surface area contributed by atoms with Crippen LogP contribution >= 0.6 is 15.9 Å². The first-order valence-electron chi connectivity index (χ1n) is 5.76. The number of carbonyl (C=O) groups is 1. The van der Waals surface area contributed by atoms with Crippen LogP contribution in [0, 0.1) is 0 Å². The van der Waals surface area contributed by atoms with Gasteiger partial charge in [-0.25, -0.2) is 0 Å². The first-order chi connectivity index (χ1) is 8.01. The quantitative estimate of drug-likeness (QED) is 0.901. The van der Waals surface area contributed by atoms with Crippen molar-refractivity contribution in [2.24, 2.45) is 0 Å². The second kappa shape index (κ2) is 4.33. The van der Waals surface area contributed by atoms with E-state index < -0.39 is 11.4 Å². The van der Waals surface area contributed by atoms with Crippen molar-refractivity contribution in [2.75, 3.05) is 0 Å². The number of carboxylic acids is 1. The van der Waals surface area contributed by atoms with Gasteiger partial charge in [-0.05, 0) is 37.0 Å². The van der Waals surface area contributed by atoms with Crippen LogP contribution in [-0.2, 0) is 16.6 Å². The van der Waals surface area contributed by atoms with E-state index in [2.05, 4.69) is 15.9 Å². The van der Waals surface area contributed by atoms with Gasteiger partial charge in [-0.15, -0.1) is 0 Å². The van der Waals surface area contributed by atoms with Crippen molar-refractivity contribution < 1.29 is 15.0 Å². The van der Waals surface area contributed by atoms with Crippen molar-refractivity contribution in [2.45, 2.75) is 38.0 Å². The molecule has 0 aromatic heterocycles. The highest BCUT2D eigenvalue weighted by molar-refractivity contribution is 9.10. The van der Waals surface area contributed by atoms with E-state index in [0.29, 0.717) is 24.8 Å². The summed E-state index contributed by atoms with van der Waals surface area (Å²) in [5.41, 5.74) is 0.474. The third-order valence-electron chi connectivity index (χ3n) is 3.67. The number of halogens is 1. The average Bonchev–Trinajstić information content (AvgIpc) is 2.20. The molecule has 0 aliphatic heterocycles. The molecule has 1 saturated carbocycles. The lowest BCUT2D eigenvalue weighted by Crippen LogP contribution is -2.42. The van der Waals surface area contributed by atoms with Crippen LogP contribution in [0.2, 0.25) is 0 Å². The fraction of sp³-hybridized carbons (Fsp3) is 0.462. The number of aryl methyl sites for hydroxylation is 1. The molecule has 1 fully saturated rings. The average molecular weight is 299 g/mol. The van der Waals surface area contributed by atoms with Crippen molar-refractivity contribution in [3.05, 3.63) is 27.7 Å². The van der Waals surface area contributed by atoms with Crippen LogP contribution in [0.3, 0.4) is 0 Å². The summed E-state index contributed by atoms with van der Waals surface area (Å²) in [6.07, 6.45) is 2.80. The van der Waals surface area contributed by atoms with Gasteiger partial charge in [-0.1, -0.05) is 29.3 Å². The van der Waals surface area contributed by atoms with E-state index in [1.165, 1.54) is 0 Å². The smallest absolute Gasteiger partial charge is 0.314 e. The number of hydrogen-bond acceptors (Lipinski definition) is 2.